The first kappa shape index (κ1) is 15.9. The molecule has 1 N–H and O–H groups in total. The Morgan fingerprint density at radius 3 is 2.53 bits per heavy atom. The number of methoxy groups -OCH3 is 1. The van der Waals surface area contributed by atoms with Crippen LogP contribution in [0.4, 0.5) is 0 Å². The molecule has 0 spiro atoms. The van der Waals surface area contributed by atoms with Crippen LogP contribution < -0.4 is 0 Å². The lowest BCUT2D eigenvalue weighted by Gasteiger charge is -2.09. The van der Waals surface area contributed by atoms with Gasteiger partial charge in [0, 0.05) is 6.42 Å². The topological polar surface area (TPSA) is 72.8 Å². The summed E-state index contributed by atoms with van der Waals surface area (Å²) >= 11 is 0. The van der Waals surface area contributed by atoms with Crippen molar-refractivity contribution in [1.82, 2.24) is 0 Å². The number of esters is 2. The van der Waals surface area contributed by atoms with Crippen molar-refractivity contribution in [3.63, 3.8) is 0 Å². The zero-order valence-electron chi connectivity index (χ0n) is 10.6. The van der Waals surface area contributed by atoms with E-state index in [0.717, 1.165) is 6.42 Å². The summed E-state index contributed by atoms with van der Waals surface area (Å²) in [5.41, 5.74) is 0. The minimum atomic E-state index is -0.683. The van der Waals surface area contributed by atoms with Crippen molar-refractivity contribution in [3.8, 4) is 0 Å². The molecule has 5 heteroatoms. The Bertz CT molecular complexity index is 227. The number of aliphatic hydroxyl groups excluding tert-OH is 1. The van der Waals surface area contributed by atoms with Crippen LogP contribution >= 0.6 is 0 Å². The number of carbonyl (C=O) groups excluding carboxylic acids is 2. The lowest BCUT2D eigenvalue weighted by atomic mass is 10.1. The lowest BCUT2D eigenvalue weighted by Crippen LogP contribution is -2.16. The molecule has 0 bridgehead atoms. The molecule has 0 heterocycles. The van der Waals surface area contributed by atoms with Crippen molar-refractivity contribution in [2.75, 3.05) is 13.7 Å². The maximum Gasteiger partial charge on any atom is 0.308 e. The van der Waals surface area contributed by atoms with Crippen LogP contribution in [0.3, 0.4) is 0 Å². The molecule has 0 radical (unpaired) electrons. The quantitative estimate of drug-likeness (QED) is 0.492. The van der Waals surface area contributed by atoms with E-state index in [1.54, 1.807) is 0 Å². The Kier molecular flexibility index (Phi) is 9.43. The Balaban J connectivity index is 3.48. The smallest absolute Gasteiger partial charge is 0.308 e. The molecule has 0 aromatic carbocycles. The summed E-state index contributed by atoms with van der Waals surface area (Å²) in [5.74, 6) is -0.617. The summed E-state index contributed by atoms with van der Waals surface area (Å²) in [6, 6.07) is 0. The number of hydrogen-bond acceptors (Lipinski definition) is 5. The minimum absolute atomic E-state index is 0.0260. The molecule has 0 rings (SSSR count). The fourth-order valence-electron chi connectivity index (χ4n) is 1.32. The molecule has 0 aromatic heterocycles. The van der Waals surface area contributed by atoms with Gasteiger partial charge in [-0.15, -0.1) is 0 Å². The van der Waals surface area contributed by atoms with Gasteiger partial charge in [0.1, 0.15) is 0 Å². The summed E-state index contributed by atoms with van der Waals surface area (Å²) < 4.78 is 9.34. The van der Waals surface area contributed by atoms with Crippen molar-refractivity contribution in [1.29, 1.82) is 0 Å². The number of rotatable bonds is 9. The van der Waals surface area contributed by atoms with Crippen LogP contribution in [-0.2, 0) is 19.1 Å². The zero-order chi connectivity index (χ0) is 13.1. The van der Waals surface area contributed by atoms with Crippen LogP contribution in [0.25, 0.3) is 0 Å². The fourth-order valence-corrected chi connectivity index (χ4v) is 1.32. The molecule has 5 nitrogen and oxygen atoms in total. The van der Waals surface area contributed by atoms with E-state index < -0.39 is 6.10 Å². The molecule has 17 heavy (non-hydrogen) atoms. The fraction of sp³-hybridized carbons (Fsp3) is 0.833. The first-order valence-corrected chi connectivity index (χ1v) is 6.00. The second-order valence-electron chi connectivity index (χ2n) is 3.90. The summed E-state index contributed by atoms with van der Waals surface area (Å²) in [6.07, 6.45) is 2.32. The van der Waals surface area contributed by atoms with Crippen LogP contribution in [0.15, 0.2) is 0 Å². The van der Waals surface area contributed by atoms with E-state index in [0.29, 0.717) is 32.3 Å². The molecular weight excluding hydrogens is 224 g/mol. The molecular formula is C12H22O5. The van der Waals surface area contributed by atoms with Gasteiger partial charge in [-0.1, -0.05) is 13.3 Å². The van der Waals surface area contributed by atoms with E-state index in [2.05, 4.69) is 4.74 Å². The molecule has 0 aliphatic carbocycles. The summed E-state index contributed by atoms with van der Waals surface area (Å²) in [4.78, 5) is 21.9. The predicted octanol–water partition coefficient (Wildman–Crippen LogP) is 1.42. The highest BCUT2D eigenvalue weighted by atomic mass is 16.5. The number of aliphatic hydroxyl groups is 1. The summed E-state index contributed by atoms with van der Waals surface area (Å²) in [7, 11) is 1.35. The zero-order valence-corrected chi connectivity index (χ0v) is 10.6. The van der Waals surface area contributed by atoms with Gasteiger partial charge >= 0.3 is 11.9 Å². The molecule has 0 aliphatic rings. The first-order valence-electron chi connectivity index (χ1n) is 6.00. The molecule has 0 aromatic rings. The largest absolute Gasteiger partial charge is 0.469 e. The van der Waals surface area contributed by atoms with Crippen LogP contribution in [0, 0.1) is 0 Å². The molecule has 0 saturated heterocycles. The van der Waals surface area contributed by atoms with Crippen LogP contribution in [0.5, 0.6) is 0 Å². The number of ether oxygens (including phenoxy) is 2. The van der Waals surface area contributed by atoms with Crippen LogP contribution in [0.2, 0.25) is 0 Å². The van der Waals surface area contributed by atoms with Gasteiger partial charge in [-0.05, 0) is 19.3 Å². The Labute approximate surface area is 102 Å². The average Bonchev–Trinajstić information content (AvgIpc) is 2.31. The van der Waals surface area contributed by atoms with Gasteiger partial charge in [0.15, 0.2) is 0 Å². The molecule has 100 valence electrons. The Morgan fingerprint density at radius 2 is 1.94 bits per heavy atom. The van der Waals surface area contributed by atoms with Crippen molar-refractivity contribution >= 4 is 11.9 Å². The highest BCUT2D eigenvalue weighted by molar-refractivity contribution is 5.70. The Morgan fingerprint density at radius 1 is 1.24 bits per heavy atom. The van der Waals surface area contributed by atoms with E-state index in [9.17, 15) is 14.7 Å². The maximum atomic E-state index is 11.1. The maximum absolute atomic E-state index is 11.1. The van der Waals surface area contributed by atoms with Crippen LogP contribution in [-0.4, -0.2) is 36.9 Å². The van der Waals surface area contributed by atoms with Gasteiger partial charge in [0.25, 0.3) is 0 Å². The number of unbranched alkanes of at least 4 members (excludes halogenated alkanes) is 1. The van der Waals surface area contributed by atoms with Gasteiger partial charge in [0.05, 0.1) is 26.2 Å². The van der Waals surface area contributed by atoms with Crippen molar-refractivity contribution in [2.45, 2.75) is 51.6 Å². The van der Waals surface area contributed by atoms with Gasteiger partial charge < -0.3 is 14.6 Å². The monoisotopic (exact) mass is 246 g/mol. The van der Waals surface area contributed by atoms with Gasteiger partial charge in [-0.3, -0.25) is 9.59 Å². The first-order chi connectivity index (χ1) is 8.10. The van der Waals surface area contributed by atoms with Gasteiger partial charge in [-0.2, -0.15) is 0 Å². The van der Waals surface area contributed by atoms with E-state index >= 15 is 0 Å². The Hall–Kier alpha value is -1.10. The second kappa shape index (κ2) is 10.1. The third-order valence-electron chi connectivity index (χ3n) is 2.27. The van der Waals surface area contributed by atoms with E-state index in [4.69, 9.17) is 4.74 Å². The second-order valence-corrected chi connectivity index (χ2v) is 3.90. The van der Waals surface area contributed by atoms with E-state index in [1.807, 2.05) is 6.92 Å². The van der Waals surface area contributed by atoms with Crippen molar-refractivity contribution < 1.29 is 24.2 Å². The molecule has 0 saturated carbocycles. The van der Waals surface area contributed by atoms with Gasteiger partial charge in [0.2, 0.25) is 0 Å². The van der Waals surface area contributed by atoms with Crippen molar-refractivity contribution in [3.05, 3.63) is 0 Å². The standard InChI is InChI=1S/C12H22O5/c1-3-8-17-12(15)9-10(13)6-4-5-7-11(14)16-2/h10,13H,3-9H2,1-2H3/t10-/m0/s1. The lowest BCUT2D eigenvalue weighted by molar-refractivity contribution is -0.146. The summed E-state index contributed by atoms with van der Waals surface area (Å²) in [6.45, 7) is 2.31. The normalized spacial score (nSPS) is 11.9. The van der Waals surface area contributed by atoms with E-state index in [-0.39, 0.29) is 18.4 Å². The van der Waals surface area contributed by atoms with Crippen molar-refractivity contribution in [2.24, 2.45) is 0 Å². The van der Waals surface area contributed by atoms with Gasteiger partial charge in [-0.25, -0.2) is 0 Å². The SMILES string of the molecule is CCCOC(=O)C[C@@H](O)CCCCC(=O)OC. The molecule has 0 fully saturated rings. The van der Waals surface area contributed by atoms with E-state index in [1.165, 1.54) is 7.11 Å². The highest BCUT2D eigenvalue weighted by Gasteiger charge is 2.11. The summed E-state index contributed by atoms with van der Waals surface area (Å²) in [5, 5.41) is 9.52. The molecule has 0 aliphatic heterocycles. The van der Waals surface area contributed by atoms with Crippen LogP contribution in [0.1, 0.15) is 45.4 Å². The molecule has 1 atom stereocenters. The average molecular weight is 246 g/mol. The third kappa shape index (κ3) is 9.81. The molecule has 0 amide bonds. The number of hydrogen-bond donors (Lipinski definition) is 1. The third-order valence-corrected chi connectivity index (χ3v) is 2.27. The minimum Gasteiger partial charge on any atom is -0.469 e. The predicted molar refractivity (Wildman–Crippen MR) is 62.4 cm³/mol. The number of carbonyl (C=O) groups is 2. The highest BCUT2D eigenvalue weighted by Crippen LogP contribution is 2.08. The molecule has 0 unspecified atom stereocenters.